The molecule has 0 aliphatic carbocycles. The highest BCUT2D eigenvalue weighted by Gasteiger charge is 2.18. The zero-order valence-corrected chi connectivity index (χ0v) is 17.4. The normalized spacial score (nSPS) is 10.9. The third-order valence-electron chi connectivity index (χ3n) is 4.56. The first-order valence-electron chi connectivity index (χ1n) is 9.33. The van der Waals surface area contributed by atoms with Gasteiger partial charge in [0.1, 0.15) is 6.54 Å². The van der Waals surface area contributed by atoms with Crippen molar-refractivity contribution >= 4 is 28.6 Å². The standard InChI is InChI=1S/C21H23ClN2O5/c1-4-23(12-14-6-9-17(28-5-2)19(10-14)27-3)20(25)13-24-16-8-7-15(22)11-18(16)29-21(24)26/h6-11H,4-5,12-13H2,1-3H3. The van der Waals surface area contributed by atoms with Gasteiger partial charge in [-0.1, -0.05) is 17.7 Å². The lowest BCUT2D eigenvalue weighted by Gasteiger charge is -2.22. The number of fused-ring (bicyclic) bond motifs is 1. The lowest BCUT2D eigenvalue weighted by atomic mass is 10.2. The Hall–Kier alpha value is -2.93. The van der Waals surface area contributed by atoms with Gasteiger partial charge in [0.05, 0.1) is 19.2 Å². The van der Waals surface area contributed by atoms with E-state index in [-0.39, 0.29) is 12.5 Å². The van der Waals surface area contributed by atoms with Crippen LogP contribution in [0.2, 0.25) is 5.02 Å². The van der Waals surface area contributed by atoms with Gasteiger partial charge in [0.2, 0.25) is 5.91 Å². The van der Waals surface area contributed by atoms with Crippen molar-refractivity contribution in [2.24, 2.45) is 0 Å². The Labute approximate surface area is 173 Å². The molecular weight excluding hydrogens is 396 g/mol. The summed E-state index contributed by atoms with van der Waals surface area (Å²) >= 11 is 5.94. The van der Waals surface area contributed by atoms with Crippen LogP contribution in [-0.4, -0.2) is 35.6 Å². The molecule has 0 bridgehead atoms. The summed E-state index contributed by atoms with van der Waals surface area (Å²) in [6, 6.07) is 10.5. The van der Waals surface area contributed by atoms with Gasteiger partial charge >= 0.3 is 5.76 Å². The maximum Gasteiger partial charge on any atom is 0.420 e. The summed E-state index contributed by atoms with van der Waals surface area (Å²) in [7, 11) is 1.58. The highest BCUT2D eigenvalue weighted by molar-refractivity contribution is 6.31. The maximum atomic E-state index is 12.9. The van der Waals surface area contributed by atoms with Crippen LogP contribution in [0.3, 0.4) is 0 Å². The number of oxazole rings is 1. The van der Waals surface area contributed by atoms with Gasteiger partial charge in [-0.15, -0.1) is 0 Å². The second kappa shape index (κ2) is 9.05. The summed E-state index contributed by atoms with van der Waals surface area (Å²) in [5.74, 6) is 0.486. The molecule has 0 saturated heterocycles. The molecule has 0 spiro atoms. The minimum Gasteiger partial charge on any atom is -0.493 e. The number of rotatable bonds is 8. The van der Waals surface area contributed by atoms with Crippen molar-refractivity contribution in [3.8, 4) is 11.5 Å². The van der Waals surface area contributed by atoms with Crippen LogP contribution < -0.4 is 15.2 Å². The van der Waals surface area contributed by atoms with E-state index in [0.717, 1.165) is 5.56 Å². The molecule has 29 heavy (non-hydrogen) atoms. The summed E-state index contributed by atoms with van der Waals surface area (Å²) in [6.45, 7) is 5.09. The quantitative estimate of drug-likeness (QED) is 0.557. The first-order valence-corrected chi connectivity index (χ1v) is 9.71. The third-order valence-corrected chi connectivity index (χ3v) is 4.79. The SMILES string of the molecule is CCOc1ccc(CN(CC)C(=O)Cn2c(=O)oc3cc(Cl)ccc32)cc1OC. The van der Waals surface area contributed by atoms with Crippen LogP contribution in [-0.2, 0) is 17.9 Å². The van der Waals surface area contributed by atoms with Crippen LogP contribution in [0.5, 0.6) is 11.5 Å². The number of amides is 1. The first-order chi connectivity index (χ1) is 14.0. The van der Waals surface area contributed by atoms with Gasteiger partial charge in [0.25, 0.3) is 0 Å². The molecule has 0 aliphatic heterocycles. The number of methoxy groups -OCH3 is 1. The number of ether oxygens (including phenoxy) is 2. The fourth-order valence-corrected chi connectivity index (χ4v) is 3.27. The smallest absolute Gasteiger partial charge is 0.420 e. The highest BCUT2D eigenvalue weighted by Crippen LogP contribution is 2.28. The molecule has 0 aliphatic rings. The van der Waals surface area contributed by atoms with Crippen molar-refractivity contribution in [3.63, 3.8) is 0 Å². The monoisotopic (exact) mass is 418 g/mol. The molecule has 0 fully saturated rings. The zero-order chi connectivity index (χ0) is 21.0. The fraction of sp³-hybridized carbons (Fsp3) is 0.333. The average Bonchev–Trinajstić information content (AvgIpc) is 3.01. The molecule has 1 aromatic heterocycles. The van der Waals surface area contributed by atoms with Crippen LogP contribution in [0.4, 0.5) is 0 Å². The second-order valence-electron chi connectivity index (χ2n) is 6.39. The van der Waals surface area contributed by atoms with Gasteiger partial charge in [-0.25, -0.2) is 4.79 Å². The van der Waals surface area contributed by atoms with Crippen LogP contribution in [0, 0.1) is 0 Å². The summed E-state index contributed by atoms with van der Waals surface area (Å²) in [6.07, 6.45) is 0. The largest absolute Gasteiger partial charge is 0.493 e. The van der Waals surface area contributed by atoms with Gasteiger partial charge in [-0.2, -0.15) is 0 Å². The number of aromatic nitrogens is 1. The van der Waals surface area contributed by atoms with Crippen molar-refractivity contribution in [2.45, 2.75) is 26.9 Å². The lowest BCUT2D eigenvalue weighted by Crippen LogP contribution is -2.35. The van der Waals surface area contributed by atoms with Gasteiger partial charge in [-0.3, -0.25) is 9.36 Å². The first kappa shape index (κ1) is 20.8. The number of benzene rings is 2. The predicted octanol–water partition coefficient (Wildman–Crippen LogP) is 3.70. The summed E-state index contributed by atoms with van der Waals surface area (Å²) in [5, 5.41) is 0.462. The van der Waals surface area contributed by atoms with Gasteiger partial charge in [0.15, 0.2) is 17.1 Å². The molecule has 3 aromatic rings. The molecule has 1 heterocycles. The second-order valence-corrected chi connectivity index (χ2v) is 6.83. The van der Waals surface area contributed by atoms with E-state index in [4.69, 9.17) is 25.5 Å². The summed E-state index contributed by atoms with van der Waals surface area (Å²) < 4.78 is 17.4. The van der Waals surface area contributed by atoms with Crippen molar-refractivity contribution in [1.82, 2.24) is 9.47 Å². The van der Waals surface area contributed by atoms with E-state index in [1.165, 1.54) is 4.57 Å². The molecule has 0 radical (unpaired) electrons. The summed E-state index contributed by atoms with van der Waals surface area (Å²) in [5.41, 5.74) is 1.79. The zero-order valence-electron chi connectivity index (χ0n) is 16.6. The molecule has 7 nitrogen and oxygen atoms in total. The van der Waals surface area contributed by atoms with Crippen molar-refractivity contribution in [1.29, 1.82) is 0 Å². The Morgan fingerprint density at radius 2 is 1.97 bits per heavy atom. The van der Waals surface area contributed by atoms with E-state index >= 15 is 0 Å². The van der Waals surface area contributed by atoms with E-state index in [1.807, 2.05) is 32.0 Å². The van der Waals surface area contributed by atoms with E-state index in [2.05, 4.69) is 0 Å². The number of carbonyl (C=O) groups excluding carboxylic acids is 1. The topological polar surface area (TPSA) is 73.9 Å². The number of hydrogen-bond donors (Lipinski definition) is 0. The highest BCUT2D eigenvalue weighted by atomic mass is 35.5. The van der Waals surface area contributed by atoms with E-state index in [9.17, 15) is 9.59 Å². The predicted molar refractivity (Wildman–Crippen MR) is 111 cm³/mol. The average molecular weight is 419 g/mol. The van der Waals surface area contributed by atoms with Gasteiger partial charge in [0, 0.05) is 24.2 Å². The molecule has 1 amide bonds. The maximum absolute atomic E-state index is 12.9. The molecule has 0 unspecified atom stereocenters. The molecule has 154 valence electrons. The number of likely N-dealkylation sites (N-methyl/N-ethyl adjacent to an activating group) is 1. The third kappa shape index (κ3) is 4.56. The Morgan fingerprint density at radius 3 is 2.66 bits per heavy atom. The molecule has 0 N–H and O–H groups in total. The Balaban J connectivity index is 1.80. The lowest BCUT2D eigenvalue weighted by molar-refractivity contribution is -0.132. The number of nitrogens with zero attached hydrogens (tertiary/aromatic N) is 2. The van der Waals surface area contributed by atoms with Crippen molar-refractivity contribution in [3.05, 3.63) is 57.5 Å². The van der Waals surface area contributed by atoms with Gasteiger partial charge < -0.3 is 18.8 Å². The van der Waals surface area contributed by atoms with Gasteiger partial charge in [-0.05, 0) is 43.7 Å². The molecule has 8 heteroatoms. The molecule has 0 atom stereocenters. The molecular formula is C21H23ClN2O5. The number of carbonyl (C=O) groups is 1. The molecule has 3 rings (SSSR count). The van der Waals surface area contributed by atoms with Crippen LogP contribution in [0.1, 0.15) is 19.4 Å². The van der Waals surface area contributed by atoms with Crippen molar-refractivity contribution in [2.75, 3.05) is 20.3 Å². The Morgan fingerprint density at radius 1 is 1.17 bits per heavy atom. The van der Waals surface area contributed by atoms with E-state index in [1.54, 1.807) is 30.2 Å². The number of halogens is 1. The van der Waals surface area contributed by atoms with Crippen LogP contribution in [0.25, 0.3) is 11.1 Å². The minimum atomic E-state index is -0.589. The fourth-order valence-electron chi connectivity index (χ4n) is 3.11. The van der Waals surface area contributed by atoms with E-state index < -0.39 is 5.76 Å². The Kier molecular flexibility index (Phi) is 6.49. The molecule has 0 saturated carbocycles. The summed E-state index contributed by atoms with van der Waals surface area (Å²) in [4.78, 5) is 26.7. The van der Waals surface area contributed by atoms with E-state index in [0.29, 0.717) is 47.3 Å². The van der Waals surface area contributed by atoms with Crippen LogP contribution >= 0.6 is 11.6 Å². The molecule has 2 aromatic carbocycles. The number of hydrogen-bond acceptors (Lipinski definition) is 5. The Bertz CT molecular complexity index is 1070. The van der Waals surface area contributed by atoms with Crippen molar-refractivity contribution < 1.29 is 18.7 Å². The minimum absolute atomic E-state index is 0.116. The van der Waals surface area contributed by atoms with Crippen LogP contribution in [0.15, 0.2) is 45.6 Å².